The number of nitrogens with two attached hydrogens (primary N) is 1. The van der Waals surface area contributed by atoms with Crippen LogP contribution in [-0.2, 0) is 19.3 Å². The summed E-state index contributed by atoms with van der Waals surface area (Å²) < 4.78 is 0. The van der Waals surface area contributed by atoms with Gasteiger partial charge in [0.25, 0.3) is 0 Å². The minimum atomic E-state index is 0. The Kier molecular flexibility index (Phi) is 8.48. The minimum absolute atomic E-state index is 0. The van der Waals surface area contributed by atoms with Crippen molar-refractivity contribution in [3.63, 3.8) is 0 Å². The van der Waals surface area contributed by atoms with Gasteiger partial charge in [-0.15, -0.1) is 35.3 Å². The summed E-state index contributed by atoms with van der Waals surface area (Å²) in [7, 11) is 0. The van der Waals surface area contributed by atoms with E-state index in [-0.39, 0.29) is 24.0 Å². The second-order valence-corrected chi connectivity index (χ2v) is 5.91. The van der Waals surface area contributed by atoms with Crippen molar-refractivity contribution in [3.8, 4) is 0 Å². The van der Waals surface area contributed by atoms with Crippen LogP contribution in [0.3, 0.4) is 0 Å². The van der Waals surface area contributed by atoms with Gasteiger partial charge < -0.3 is 11.1 Å². The van der Waals surface area contributed by atoms with Crippen LogP contribution in [0.25, 0.3) is 0 Å². The number of hydrogen-bond acceptors (Lipinski definition) is 2. The Morgan fingerprint density at radius 3 is 2.36 bits per heavy atom. The molecule has 0 aliphatic carbocycles. The van der Waals surface area contributed by atoms with Crippen molar-refractivity contribution in [2.75, 3.05) is 11.9 Å². The SMILES string of the molecule is CCc1cccc(CC)c1NC(N)=NCCc1cccs1.I. The third-order valence-corrected chi connectivity index (χ3v) is 4.41. The number of guanidine groups is 1. The quantitative estimate of drug-likeness (QED) is 0.405. The summed E-state index contributed by atoms with van der Waals surface area (Å²) in [4.78, 5) is 5.78. The Morgan fingerprint density at radius 1 is 1.14 bits per heavy atom. The molecule has 0 saturated heterocycles. The molecule has 0 amide bonds. The molecule has 1 aromatic carbocycles. The van der Waals surface area contributed by atoms with Gasteiger partial charge in [-0.05, 0) is 35.4 Å². The Hall–Kier alpha value is -1.08. The molecule has 5 heteroatoms. The lowest BCUT2D eigenvalue weighted by Gasteiger charge is -2.14. The van der Waals surface area contributed by atoms with E-state index in [2.05, 4.69) is 59.9 Å². The molecular formula is C17H24IN3S. The second kappa shape index (κ2) is 9.84. The molecule has 120 valence electrons. The van der Waals surface area contributed by atoms with Crippen molar-refractivity contribution >= 4 is 47.0 Å². The van der Waals surface area contributed by atoms with Crippen LogP contribution in [0.2, 0.25) is 0 Å². The first kappa shape index (κ1) is 19.0. The number of nitrogens with one attached hydrogen (secondary N) is 1. The molecule has 22 heavy (non-hydrogen) atoms. The summed E-state index contributed by atoms with van der Waals surface area (Å²) >= 11 is 1.76. The van der Waals surface area contributed by atoms with Gasteiger partial charge in [-0.2, -0.15) is 0 Å². The zero-order chi connectivity index (χ0) is 15.1. The van der Waals surface area contributed by atoms with E-state index >= 15 is 0 Å². The number of aryl methyl sites for hydroxylation is 2. The van der Waals surface area contributed by atoms with Crippen LogP contribution >= 0.6 is 35.3 Å². The average Bonchev–Trinajstić information content (AvgIpc) is 3.00. The normalized spacial score (nSPS) is 11.1. The highest BCUT2D eigenvalue weighted by atomic mass is 127. The number of hydrogen-bond donors (Lipinski definition) is 2. The maximum Gasteiger partial charge on any atom is 0.193 e. The number of anilines is 1. The van der Waals surface area contributed by atoms with E-state index in [4.69, 9.17) is 5.73 Å². The van der Waals surface area contributed by atoms with Crippen LogP contribution in [0.4, 0.5) is 5.69 Å². The van der Waals surface area contributed by atoms with E-state index < -0.39 is 0 Å². The van der Waals surface area contributed by atoms with E-state index in [1.807, 2.05) is 0 Å². The Balaban J connectivity index is 0.00000242. The van der Waals surface area contributed by atoms with Gasteiger partial charge in [0.2, 0.25) is 0 Å². The number of para-hydroxylation sites is 1. The summed E-state index contributed by atoms with van der Waals surface area (Å²) in [5, 5.41) is 5.38. The highest BCUT2D eigenvalue weighted by Crippen LogP contribution is 2.22. The van der Waals surface area contributed by atoms with Gasteiger partial charge in [-0.1, -0.05) is 38.1 Å². The van der Waals surface area contributed by atoms with Crippen LogP contribution in [0, 0.1) is 0 Å². The van der Waals surface area contributed by atoms with Gasteiger partial charge in [-0.25, -0.2) is 0 Å². The van der Waals surface area contributed by atoms with Crippen LogP contribution in [0.15, 0.2) is 40.7 Å². The van der Waals surface area contributed by atoms with Crippen molar-refractivity contribution in [2.45, 2.75) is 33.1 Å². The highest BCUT2D eigenvalue weighted by molar-refractivity contribution is 14.0. The molecule has 2 aromatic rings. The smallest absolute Gasteiger partial charge is 0.193 e. The summed E-state index contributed by atoms with van der Waals surface area (Å²) in [5.41, 5.74) is 9.73. The van der Waals surface area contributed by atoms with Crippen molar-refractivity contribution in [1.82, 2.24) is 0 Å². The third-order valence-electron chi connectivity index (χ3n) is 3.47. The lowest BCUT2D eigenvalue weighted by atomic mass is 10.0. The molecule has 0 aliphatic rings. The lowest BCUT2D eigenvalue weighted by Crippen LogP contribution is -2.24. The summed E-state index contributed by atoms with van der Waals surface area (Å²) in [6.07, 6.45) is 2.91. The predicted molar refractivity (Wildman–Crippen MR) is 109 cm³/mol. The monoisotopic (exact) mass is 429 g/mol. The number of halogens is 1. The van der Waals surface area contributed by atoms with E-state index in [0.29, 0.717) is 5.96 Å². The molecule has 1 heterocycles. The van der Waals surface area contributed by atoms with Crippen LogP contribution in [-0.4, -0.2) is 12.5 Å². The van der Waals surface area contributed by atoms with E-state index in [0.717, 1.165) is 31.5 Å². The fourth-order valence-electron chi connectivity index (χ4n) is 2.31. The molecule has 1 aromatic heterocycles. The van der Waals surface area contributed by atoms with Gasteiger partial charge in [0.1, 0.15) is 0 Å². The summed E-state index contributed by atoms with van der Waals surface area (Å²) in [5.74, 6) is 0.502. The molecule has 0 spiro atoms. The van der Waals surface area contributed by atoms with Crippen LogP contribution < -0.4 is 11.1 Å². The molecule has 0 saturated carbocycles. The topological polar surface area (TPSA) is 50.4 Å². The van der Waals surface area contributed by atoms with Gasteiger partial charge in [0.05, 0.1) is 0 Å². The molecule has 3 N–H and O–H groups in total. The maximum atomic E-state index is 6.03. The Morgan fingerprint density at radius 2 is 1.82 bits per heavy atom. The maximum absolute atomic E-state index is 6.03. The third kappa shape index (κ3) is 5.28. The number of rotatable bonds is 6. The molecular weight excluding hydrogens is 405 g/mol. The van der Waals surface area contributed by atoms with Gasteiger partial charge in [0.15, 0.2) is 5.96 Å². The summed E-state index contributed by atoms with van der Waals surface area (Å²) in [6.45, 7) is 5.03. The lowest BCUT2D eigenvalue weighted by molar-refractivity contribution is 0.982. The molecule has 0 radical (unpaired) electrons. The first-order valence-electron chi connectivity index (χ1n) is 7.44. The molecule has 0 fully saturated rings. The number of aliphatic imine (C=N–C) groups is 1. The molecule has 2 rings (SSSR count). The van der Waals surface area contributed by atoms with Crippen molar-refractivity contribution < 1.29 is 0 Å². The van der Waals surface area contributed by atoms with E-state index in [1.165, 1.54) is 16.0 Å². The average molecular weight is 429 g/mol. The fourth-order valence-corrected chi connectivity index (χ4v) is 3.01. The largest absolute Gasteiger partial charge is 0.370 e. The highest BCUT2D eigenvalue weighted by Gasteiger charge is 2.06. The van der Waals surface area contributed by atoms with E-state index in [9.17, 15) is 0 Å². The molecule has 0 atom stereocenters. The molecule has 0 bridgehead atoms. The fraction of sp³-hybridized carbons (Fsp3) is 0.353. The number of thiophene rings is 1. The Labute approximate surface area is 154 Å². The first-order chi connectivity index (χ1) is 10.2. The number of nitrogens with zero attached hydrogens (tertiary/aromatic N) is 1. The minimum Gasteiger partial charge on any atom is -0.370 e. The Bertz CT molecular complexity index is 572. The summed E-state index contributed by atoms with van der Waals surface area (Å²) in [6, 6.07) is 10.6. The standard InChI is InChI=1S/C17H23N3S.HI/c1-3-13-7-5-8-14(4-2)16(13)20-17(18)19-11-10-15-9-6-12-21-15;/h5-9,12H,3-4,10-11H2,1-2H3,(H3,18,19,20);1H. The van der Waals surface area contributed by atoms with Crippen molar-refractivity contribution in [3.05, 3.63) is 51.7 Å². The van der Waals surface area contributed by atoms with Gasteiger partial charge in [0, 0.05) is 23.5 Å². The van der Waals surface area contributed by atoms with Crippen LogP contribution in [0.5, 0.6) is 0 Å². The van der Waals surface area contributed by atoms with Gasteiger partial charge in [-0.3, -0.25) is 4.99 Å². The second-order valence-electron chi connectivity index (χ2n) is 4.88. The van der Waals surface area contributed by atoms with Crippen molar-refractivity contribution in [1.29, 1.82) is 0 Å². The molecule has 0 unspecified atom stereocenters. The molecule has 3 nitrogen and oxygen atoms in total. The zero-order valence-electron chi connectivity index (χ0n) is 13.1. The predicted octanol–water partition coefficient (Wildman–Crippen LogP) is 4.46. The van der Waals surface area contributed by atoms with Crippen molar-refractivity contribution in [2.24, 2.45) is 10.7 Å². The zero-order valence-corrected chi connectivity index (χ0v) is 16.3. The van der Waals surface area contributed by atoms with Crippen LogP contribution in [0.1, 0.15) is 29.9 Å². The van der Waals surface area contributed by atoms with E-state index in [1.54, 1.807) is 11.3 Å². The first-order valence-corrected chi connectivity index (χ1v) is 8.32. The van der Waals surface area contributed by atoms with Gasteiger partial charge >= 0.3 is 0 Å². The number of benzene rings is 1. The molecule has 0 aliphatic heterocycles.